The summed E-state index contributed by atoms with van der Waals surface area (Å²) in [6.45, 7) is 0.820. The lowest BCUT2D eigenvalue weighted by atomic mass is 10.6. The fourth-order valence-electron chi connectivity index (χ4n) is 0.668. The van der Waals surface area contributed by atoms with Crippen LogP contribution in [0.2, 0.25) is 0 Å². The zero-order valence-electron chi connectivity index (χ0n) is 4.75. The molecule has 0 unspecified atom stereocenters. The highest BCUT2D eigenvalue weighted by atomic mass is 32.2. The minimum absolute atomic E-state index is 0.0687. The fourth-order valence-corrected chi connectivity index (χ4v) is 2.00. The molecule has 0 saturated carbocycles. The first kappa shape index (κ1) is 5.92. The van der Waals surface area contributed by atoms with Crippen LogP contribution in [0.15, 0.2) is 23.0 Å². The number of hydrogen-bond donors (Lipinski definition) is 2. The highest BCUT2D eigenvalue weighted by molar-refractivity contribution is 8.22. The van der Waals surface area contributed by atoms with E-state index in [0.29, 0.717) is 0 Å². The molecule has 1 heterocycles. The van der Waals surface area contributed by atoms with Crippen LogP contribution in [0.4, 0.5) is 0 Å². The van der Waals surface area contributed by atoms with E-state index in [1.807, 2.05) is 0 Å². The molecule has 0 radical (unpaired) electrons. The van der Waals surface area contributed by atoms with Gasteiger partial charge in [0.05, 0.1) is 0 Å². The number of nitrogens with two attached hydrogens (primary N) is 1. The van der Waals surface area contributed by atoms with Crippen LogP contribution in [0.5, 0.6) is 0 Å². The van der Waals surface area contributed by atoms with Gasteiger partial charge in [0, 0.05) is 6.54 Å². The molecular weight excluding hydrogens is 118 g/mol. The van der Waals surface area contributed by atoms with E-state index in [9.17, 15) is 0 Å². The molecule has 0 amide bonds. The van der Waals surface area contributed by atoms with Crippen molar-refractivity contribution in [2.24, 2.45) is 5.73 Å². The minimum Gasteiger partial charge on any atom is -0.330 e. The van der Waals surface area contributed by atoms with E-state index in [1.54, 1.807) is 0 Å². The number of thiol groups is 1. The lowest BCUT2D eigenvalue weighted by Crippen LogP contribution is -2.02. The normalized spacial score (nSPS) is 20.4. The van der Waals surface area contributed by atoms with Crippen LogP contribution in [0, 0.1) is 0 Å². The van der Waals surface area contributed by atoms with Gasteiger partial charge in [-0.1, -0.05) is 12.2 Å². The van der Waals surface area contributed by atoms with E-state index < -0.39 is 0 Å². The predicted molar refractivity (Wildman–Crippen MR) is 41.2 cm³/mol. The van der Waals surface area contributed by atoms with Crippen molar-refractivity contribution in [1.82, 2.24) is 0 Å². The monoisotopic (exact) mass is 129 g/mol. The third kappa shape index (κ3) is 1.39. The number of rotatable bonds is 2. The summed E-state index contributed by atoms with van der Waals surface area (Å²) in [4.78, 5) is 0. The molecule has 0 spiro atoms. The Kier molecular flexibility index (Phi) is 2.18. The van der Waals surface area contributed by atoms with Crippen LogP contribution < -0.4 is 5.73 Å². The topological polar surface area (TPSA) is 26.0 Å². The van der Waals surface area contributed by atoms with Crippen LogP contribution in [0.3, 0.4) is 0 Å². The second kappa shape index (κ2) is 2.95. The van der Waals surface area contributed by atoms with E-state index in [4.69, 9.17) is 5.73 Å². The van der Waals surface area contributed by atoms with E-state index in [2.05, 4.69) is 23.0 Å². The molecule has 0 aromatic rings. The average molecular weight is 129 g/mol. The molecule has 1 aliphatic heterocycles. The zero-order chi connectivity index (χ0) is 5.82. The lowest BCUT2D eigenvalue weighted by Gasteiger charge is -2.04. The molecule has 0 saturated heterocycles. The van der Waals surface area contributed by atoms with Crippen molar-refractivity contribution >= 4 is 10.9 Å². The van der Waals surface area contributed by atoms with E-state index >= 15 is 0 Å². The molecule has 0 atom stereocenters. The third-order valence-corrected chi connectivity index (χ3v) is 2.94. The van der Waals surface area contributed by atoms with Gasteiger partial charge in [-0.2, -0.15) is 0 Å². The molecule has 0 bridgehead atoms. The summed E-state index contributed by atoms with van der Waals surface area (Å²) in [6.07, 6.45) is 4.20. The van der Waals surface area contributed by atoms with Gasteiger partial charge in [-0.05, 0) is 16.6 Å². The van der Waals surface area contributed by atoms with Gasteiger partial charge < -0.3 is 5.73 Å². The molecule has 1 rings (SSSR count). The van der Waals surface area contributed by atoms with Crippen molar-refractivity contribution in [3.63, 3.8) is 0 Å². The SMILES string of the molecule is NCC[SH]1C=CC=C1. The Bertz CT molecular complexity index is 106. The second-order valence-electron chi connectivity index (χ2n) is 1.71. The van der Waals surface area contributed by atoms with Gasteiger partial charge >= 0.3 is 0 Å². The highest BCUT2D eigenvalue weighted by Crippen LogP contribution is 2.31. The van der Waals surface area contributed by atoms with Crippen molar-refractivity contribution in [2.45, 2.75) is 0 Å². The molecular formula is C6H11NS. The minimum atomic E-state index is 0.0687. The maximum atomic E-state index is 5.36. The molecule has 2 N–H and O–H groups in total. The summed E-state index contributed by atoms with van der Waals surface area (Å²) in [7, 11) is 0.0687. The summed E-state index contributed by atoms with van der Waals surface area (Å²) in [5.74, 6) is 1.16. The summed E-state index contributed by atoms with van der Waals surface area (Å²) >= 11 is 0. The van der Waals surface area contributed by atoms with E-state index in [-0.39, 0.29) is 10.9 Å². The van der Waals surface area contributed by atoms with Gasteiger partial charge in [-0.3, -0.25) is 0 Å². The molecule has 1 aliphatic rings. The Morgan fingerprint density at radius 1 is 1.25 bits per heavy atom. The van der Waals surface area contributed by atoms with Crippen molar-refractivity contribution in [3.8, 4) is 0 Å². The van der Waals surface area contributed by atoms with Gasteiger partial charge in [0.25, 0.3) is 0 Å². The van der Waals surface area contributed by atoms with Crippen LogP contribution in [0.1, 0.15) is 0 Å². The molecule has 1 nitrogen and oxygen atoms in total. The number of allylic oxidation sites excluding steroid dienone is 2. The second-order valence-corrected chi connectivity index (χ2v) is 3.78. The number of hydrogen-bond acceptors (Lipinski definition) is 1. The van der Waals surface area contributed by atoms with Gasteiger partial charge in [0.1, 0.15) is 0 Å². The molecule has 0 fully saturated rings. The Morgan fingerprint density at radius 2 is 1.88 bits per heavy atom. The summed E-state index contributed by atoms with van der Waals surface area (Å²) < 4.78 is 0. The molecule has 2 heteroatoms. The van der Waals surface area contributed by atoms with Gasteiger partial charge in [-0.25, -0.2) is 10.9 Å². The Morgan fingerprint density at radius 3 is 2.38 bits per heavy atom. The molecule has 0 aliphatic carbocycles. The fraction of sp³-hybridized carbons (Fsp3) is 0.333. The van der Waals surface area contributed by atoms with Gasteiger partial charge in [0.2, 0.25) is 0 Å². The van der Waals surface area contributed by atoms with E-state index in [0.717, 1.165) is 12.3 Å². The summed E-state index contributed by atoms with van der Waals surface area (Å²) in [5, 5.41) is 4.48. The van der Waals surface area contributed by atoms with Crippen molar-refractivity contribution < 1.29 is 0 Å². The molecule has 0 aromatic heterocycles. The van der Waals surface area contributed by atoms with Crippen molar-refractivity contribution in [1.29, 1.82) is 0 Å². The summed E-state index contributed by atoms with van der Waals surface area (Å²) in [5.41, 5.74) is 5.36. The first-order chi connectivity index (χ1) is 3.93. The van der Waals surface area contributed by atoms with Gasteiger partial charge in [0.15, 0.2) is 0 Å². The first-order valence-electron chi connectivity index (χ1n) is 2.74. The average Bonchev–Trinajstić information content (AvgIpc) is 2.19. The maximum absolute atomic E-state index is 5.36. The zero-order valence-corrected chi connectivity index (χ0v) is 5.64. The third-order valence-electron chi connectivity index (χ3n) is 1.05. The van der Waals surface area contributed by atoms with E-state index in [1.165, 1.54) is 0 Å². The smallest absolute Gasteiger partial charge is 0.000284 e. The van der Waals surface area contributed by atoms with Crippen LogP contribution in [0.25, 0.3) is 0 Å². The Balaban J connectivity index is 2.27. The van der Waals surface area contributed by atoms with Crippen LogP contribution in [-0.4, -0.2) is 12.3 Å². The molecule has 0 aromatic carbocycles. The molecule has 8 heavy (non-hydrogen) atoms. The largest absolute Gasteiger partial charge is 0.330 e. The maximum Gasteiger partial charge on any atom is 0.000284 e. The van der Waals surface area contributed by atoms with Crippen LogP contribution >= 0.6 is 10.9 Å². The van der Waals surface area contributed by atoms with Crippen molar-refractivity contribution in [2.75, 3.05) is 12.3 Å². The quantitative estimate of drug-likeness (QED) is 0.534. The van der Waals surface area contributed by atoms with Gasteiger partial charge in [-0.15, -0.1) is 0 Å². The summed E-state index contributed by atoms with van der Waals surface area (Å²) in [6, 6.07) is 0. The predicted octanol–water partition coefficient (Wildman–Crippen LogP) is 0.987. The standard InChI is InChI=1S/C6H11NS/c7-3-6-8-4-1-2-5-8/h1-2,4-5,8H,3,6-7H2. The highest BCUT2D eigenvalue weighted by Gasteiger charge is 1.94. The lowest BCUT2D eigenvalue weighted by molar-refractivity contribution is 1.15. The Labute approximate surface area is 52.6 Å². The Hall–Kier alpha value is -0.210. The molecule has 46 valence electrons. The first-order valence-corrected chi connectivity index (χ1v) is 4.41. The van der Waals surface area contributed by atoms with Crippen LogP contribution in [-0.2, 0) is 0 Å². The van der Waals surface area contributed by atoms with Crippen molar-refractivity contribution in [3.05, 3.63) is 23.0 Å².